The van der Waals surface area contributed by atoms with Gasteiger partial charge in [0.15, 0.2) is 5.96 Å². The smallest absolute Gasteiger partial charge is 0.246 e. The van der Waals surface area contributed by atoms with Crippen LogP contribution in [0.15, 0.2) is 54.7 Å². The Labute approximate surface area is 771 Å². The molecule has 1 aromatic heterocycles. The summed E-state index contributed by atoms with van der Waals surface area (Å²) in [5.74, 6) is -17.9. The third kappa shape index (κ3) is 35.1. The number of para-hydroxylation sites is 1. The van der Waals surface area contributed by atoms with E-state index in [-0.39, 0.29) is 127 Å². The molecule has 6 rings (SSSR count). The van der Waals surface area contributed by atoms with Crippen molar-refractivity contribution in [3.8, 4) is 5.75 Å². The first kappa shape index (κ1) is 108. The number of fused-ring (bicyclic) bond motifs is 3. The number of nitrogens with zero attached hydrogens (tertiary/aromatic N) is 2. The minimum Gasteiger partial charge on any atom is -0.508 e. The number of carbonyl (C=O) groups is 18. The summed E-state index contributed by atoms with van der Waals surface area (Å²) in [4.78, 5) is 262. The fourth-order valence-electron chi connectivity index (χ4n) is 15.3. The molecule has 3 aromatic rings. The molecule has 3 fully saturated rings. The molecule has 730 valence electrons. The lowest BCUT2D eigenvalue weighted by Gasteiger charge is -2.32. The number of aliphatic hydroxyl groups is 1. The van der Waals surface area contributed by atoms with E-state index in [1.807, 2.05) is 0 Å². The Kier molecular flexibility index (Phi) is 45.3. The molecule has 13 atom stereocenters. The van der Waals surface area contributed by atoms with E-state index >= 15 is 0 Å². The van der Waals surface area contributed by atoms with Gasteiger partial charge in [-0.25, -0.2) is 0 Å². The molecule has 45 heteroatoms. The van der Waals surface area contributed by atoms with Gasteiger partial charge < -0.3 is 133 Å². The SMILES string of the molecule is CSCC[C@@H]1NC(=O)CNC(=O)[C@H](C(C)C)NC(=O)[C@H](Cc2ccc(O)cc2)NC(=O)CNC(=O)[C@H](CCCNC(=N)N)NC(=O)[C@@H]2CCCN2C(=O)[C@H]2CCCN2C(=O)CNC(=O)C(C(C)C)NC(=O)C(C(C)C)NC(=O)[C@H](CCCCN)NC(=O)CNC(=O)[C@H](CO)NC(=O)[C@H](CC(C)C)NC(=O)CNC(=O)[C@H](CCCCN)NC(=O)[C@H](Cc2c[nH]c3ccccc23)NC1=O. The van der Waals surface area contributed by atoms with Crippen LogP contribution in [0.4, 0.5) is 0 Å². The van der Waals surface area contributed by atoms with E-state index in [1.165, 1.54) is 45.8 Å². The zero-order valence-corrected chi connectivity index (χ0v) is 77.4. The standard InChI is InChI=1S/C87H136N24O20S/c1-47(2)37-60-79(124)106-63(46-112)76(121)96-41-66(114)99-58(22-13-15-32-89)78(123)108-73(50(7)8)85(130)109-72(49(5)6)84(129)98-45-70(118)110-34-18-25-65(110)86(131)111-35-17-24-64(111)82(127)104-57(23-16-33-92-87(90)91)75(120)95-43-69(117)102-61(38-51-26-28-53(113)29-27-51)81(126)107-71(48(3)4)83(128)97-44-67(115)100-59(30-36-132-9)77(122)105-62(39-52-40-93-55-20-11-10-19-54(52)55)80(125)103-56(21-12-14-31-88)74(119)94-42-68(116)101-60/h10-11,19-20,26-29,40,47-50,56-65,71-73,93,112-113H,12-18,21-25,30-39,41-46,88-89H2,1-9H3,(H,94,119)(H,95,120)(H,96,121)(H,97,128)(H,98,129)(H,99,114)(H,100,115)(H,101,116)(H,102,117)(H,103,125)(H,104,127)(H,105,122)(H,106,124)(H,107,126)(H,108,123)(H,109,130)(H4,90,91,92)/t56-,57-,58-,59-,60-,61-,62-,63-,64-,65+,71-,72?,73?/m0/s1. The number of aromatic hydroxyl groups is 1. The van der Waals surface area contributed by atoms with Crippen LogP contribution in [0.3, 0.4) is 0 Å². The maximum Gasteiger partial charge on any atom is 0.246 e. The van der Waals surface area contributed by atoms with Gasteiger partial charge in [0.25, 0.3) is 0 Å². The van der Waals surface area contributed by atoms with Gasteiger partial charge in [0.1, 0.15) is 84.3 Å². The number of thioether (sulfide) groups is 1. The molecule has 0 aliphatic carbocycles. The average molecular weight is 1870 g/mol. The number of carbonyl (C=O) groups excluding carboxylic acids is 18. The first-order valence-corrected chi connectivity index (χ1v) is 46.4. The summed E-state index contributed by atoms with van der Waals surface area (Å²) in [5.41, 5.74) is 18.9. The summed E-state index contributed by atoms with van der Waals surface area (Å²) in [7, 11) is 0. The van der Waals surface area contributed by atoms with Crippen LogP contribution in [0.25, 0.3) is 10.9 Å². The first-order valence-electron chi connectivity index (χ1n) is 45.0. The number of amides is 18. The van der Waals surface area contributed by atoms with E-state index in [4.69, 9.17) is 22.6 Å². The van der Waals surface area contributed by atoms with Crippen molar-refractivity contribution >= 4 is 135 Å². The molecule has 0 radical (unpaired) electrons. The van der Waals surface area contributed by atoms with E-state index in [0.29, 0.717) is 54.1 Å². The van der Waals surface area contributed by atoms with Gasteiger partial charge in [-0.1, -0.05) is 85.7 Å². The molecule has 2 unspecified atom stereocenters. The number of H-pyrrole nitrogens is 1. The molecule has 3 aliphatic rings. The van der Waals surface area contributed by atoms with Gasteiger partial charge in [-0.15, -0.1) is 0 Å². The Morgan fingerprint density at radius 3 is 1.40 bits per heavy atom. The highest BCUT2D eigenvalue weighted by Gasteiger charge is 2.44. The Bertz CT molecular complexity index is 4480. The fraction of sp³-hybridized carbons (Fsp3) is 0.621. The number of unbranched alkanes of at least 4 members (excludes halogenated alkanes) is 2. The van der Waals surface area contributed by atoms with Gasteiger partial charge in [0, 0.05) is 49.6 Å². The molecule has 132 heavy (non-hydrogen) atoms. The number of hydrogen-bond donors (Lipinski definition) is 24. The zero-order valence-electron chi connectivity index (χ0n) is 76.6. The van der Waals surface area contributed by atoms with E-state index in [1.54, 1.807) is 92.1 Å². The highest BCUT2D eigenvalue weighted by Crippen LogP contribution is 2.27. The lowest BCUT2D eigenvalue weighted by molar-refractivity contribution is -0.147. The molecule has 0 saturated carbocycles. The number of aromatic nitrogens is 1. The lowest BCUT2D eigenvalue weighted by Crippen LogP contribution is -2.60. The molecule has 44 nitrogen and oxygen atoms in total. The molecular weight excluding hydrogens is 1730 g/mol. The maximum absolute atomic E-state index is 14.9. The number of aliphatic hydroxyl groups excluding tert-OH is 1. The minimum absolute atomic E-state index is 0.0134. The van der Waals surface area contributed by atoms with Crippen molar-refractivity contribution in [1.29, 1.82) is 5.41 Å². The Morgan fingerprint density at radius 1 is 0.455 bits per heavy atom. The monoisotopic (exact) mass is 1870 g/mol. The summed E-state index contributed by atoms with van der Waals surface area (Å²) in [6, 6.07) is -5.11. The third-order valence-corrected chi connectivity index (χ3v) is 23.2. The predicted octanol–water partition coefficient (Wildman–Crippen LogP) is -5.15. The van der Waals surface area contributed by atoms with E-state index in [0.717, 1.165) is 0 Å². The van der Waals surface area contributed by atoms with Crippen molar-refractivity contribution in [3.05, 3.63) is 65.9 Å². The van der Waals surface area contributed by atoms with Crippen molar-refractivity contribution in [1.82, 2.24) is 105 Å². The van der Waals surface area contributed by atoms with Gasteiger partial charge in [-0.3, -0.25) is 91.7 Å². The Balaban J connectivity index is 1.31. The van der Waals surface area contributed by atoms with Crippen LogP contribution >= 0.6 is 11.8 Å². The number of phenols is 1. The van der Waals surface area contributed by atoms with Crippen LogP contribution in [-0.4, -0.2) is 300 Å². The van der Waals surface area contributed by atoms with Gasteiger partial charge in [-0.2, -0.15) is 11.8 Å². The Morgan fingerprint density at radius 2 is 0.871 bits per heavy atom. The molecule has 0 spiro atoms. The molecule has 3 aliphatic heterocycles. The number of nitrogens with two attached hydrogens (primary N) is 3. The number of guanidine groups is 1. The number of aromatic amines is 1. The van der Waals surface area contributed by atoms with Crippen molar-refractivity contribution in [2.75, 3.05) is 84.1 Å². The Hall–Kier alpha value is -12.3. The molecule has 3 saturated heterocycles. The summed E-state index contributed by atoms with van der Waals surface area (Å²) in [5, 5.41) is 72.9. The van der Waals surface area contributed by atoms with Crippen molar-refractivity contribution in [3.63, 3.8) is 0 Å². The summed E-state index contributed by atoms with van der Waals surface area (Å²) < 4.78 is 0. The summed E-state index contributed by atoms with van der Waals surface area (Å²) in [6.07, 6.45) is 5.23. The van der Waals surface area contributed by atoms with E-state index < -0.39 is 242 Å². The van der Waals surface area contributed by atoms with Crippen molar-refractivity contribution in [2.45, 2.75) is 237 Å². The highest BCUT2D eigenvalue weighted by molar-refractivity contribution is 7.98. The average Bonchev–Trinajstić information content (AvgIpc) is 1.64. The second-order valence-corrected chi connectivity index (χ2v) is 35.5. The quantitative estimate of drug-likeness (QED) is 0.0214. The van der Waals surface area contributed by atoms with Crippen LogP contribution in [0.1, 0.15) is 156 Å². The van der Waals surface area contributed by atoms with Crippen molar-refractivity contribution in [2.24, 2.45) is 40.9 Å². The van der Waals surface area contributed by atoms with Crippen LogP contribution in [-0.2, 0) is 99.1 Å². The van der Waals surface area contributed by atoms with Crippen LogP contribution < -0.4 is 108 Å². The molecule has 2 aromatic carbocycles. The van der Waals surface area contributed by atoms with Crippen LogP contribution in [0.2, 0.25) is 0 Å². The largest absolute Gasteiger partial charge is 0.508 e. The van der Waals surface area contributed by atoms with Gasteiger partial charge in [0.2, 0.25) is 106 Å². The highest BCUT2D eigenvalue weighted by atomic mass is 32.2. The molecule has 0 bridgehead atoms. The molecule has 27 N–H and O–H groups in total. The zero-order chi connectivity index (χ0) is 97.4. The lowest BCUT2D eigenvalue weighted by atomic mass is 9.99. The molecular formula is C87H136N24O20S. The van der Waals surface area contributed by atoms with Crippen LogP contribution in [0, 0.1) is 29.1 Å². The number of phenolic OH excluding ortho intramolecular Hbond substituents is 1. The van der Waals surface area contributed by atoms with Gasteiger partial charge in [0.05, 0.1) is 39.3 Å². The first-order chi connectivity index (χ1) is 62.8. The molecule has 4 heterocycles. The van der Waals surface area contributed by atoms with E-state index in [2.05, 4.69) is 95.4 Å². The number of rotatable bonds is 25. The topological polar surface area (TPSA) is 676 Å². The third-order valence-electron chi connectivity index (χ3n) is 22.5. The van der Waals surface area contributed by atoms with Gasteiger partial charge in [-0.05, 0) is 168 Å². The second kappa shape index (κ2) is 55.2. The maximum atomic E-state index is 14.9. The summed E-state index contributed by atoms with van der Waals surface area (Å²) in [6.45, 7) is 8.94. The van der Waals surface area contributed by atoms with Crippen molar-refractivity contribution < 1.29 is 96.5 Å². The second-order valence-electron chi connectivity index (χ2n) is 34.5. The van der Waals surface area contributed by atoms with E-state index in [9.17, 15) is 96.5 Å². The number of nitrogens with one attached hydrogen (secondary N) is 19. The fourth-order valence-corrected chi connectivity index (χ4v) is 15.8. The predicted molar refractivity (Wildman–Crippen MR) is 489 cm³/mol. The summed E-state index contributed by atoms with van der Waals surface area (Å²) >= 11 is 1.33. The van der Waals surface area contributed by atoms with Gasteiger partial charge >= 0.3 is 0 Å². The minimum atomic E-state index is -1.72. The molecule has 18 amide bonds. The van der Waals surface area contributed by atoms with Crippen LogP contribution in [0.5, 0.6) is 5.75 Å². The normalized spacial score (nSPS) is 24.6. The number of benzene rings is 2. The number of hydrogen-bond acceptors (Lipinski definition) is 24.